The van der Waals surface area contributed by atoms with Gasteiger partial charge in [-0.1, -0.05) is 0 Å². The Labute approximate surface area is 163 Å². The van der Waals surface area contributed by atoms with E-state index in [0.717, 1.165) is 17.7 Å². The number of pyridine rings is 1. The van der Waals surface area contributed by atoms with Gasteiger partial charge in [-0.3, -0.25) is 4.68 Å². The maximum atomic E-state index is 13.6. The molecule has 0 spiro atoms. The molecule has 11 heteroatoms. The molecule has 2 saturated heterocycles. The van der Waals surface area contributed by atoms with Crippen LogP contribution in [-0.4, -0.2) is 63.8 Å². The van der Waals surface area contributed by atoms with Crippen molar-refractivity contribution in [1.29, 1.82) is 0 Å². The fourth-order valence-electron chi connectivity index (χ4n) is 3.43. The molecular weight excluding hydrogens is 394 g/mol. The van der Waals surface area contributed by atoms with Crippen LogP contribution in [0.3, 0.4) is 0 Å². The third-order valence-electron chi connectivity index (χ3n) is 5.04. The molecule has 7 nitrogen and oxygen atoms in total. The summed E-state index contributed by atoms with van der Waals surface area (Å²) in [7, 11) is 1.68. The van der Waals surface area contributed by atoms with Gasteiger partial charge in [0.25, 0.3) is 0 Å². The van der Waals surface area contributed by atoms with Crippen molar-refractivity contribution in [1.82, 2.24) is 19.7 Å². The highest BCUT2D eigenvalue weighted by atomic mass is 19.3. The molecule has 0 bridgehead atoms. The van der Waals surface area contributed by atoms with Gasteiger partial charge in [0.15, 0.2) is 5.75 Å². The maximum Gasteiger partial charge on any atom is 0.415 e. The van der Waals surface area contributed by atoms with Gasteiger partial charge < -0.3 is 14.5 Å². The van der Waals surface area contributed by atoms with Crippen LogP contribution >= 0.6 is 0 Å². The second-order valence-electron chi connectivity index (χ2n) is 7.24. The highest BCUT2D eigenvalue weighted by Crippen LogP contribution is 2.43. The number of anilines is 1. The van der Waals surface area contributed by atoms with Crippen LogP contribution in [0.25, 0.3) is 11.3 Å². The molecule has 0 unspecified atom stereocenters. The van der Waals surface area contributed by atoms with E-state index in [9.17, 15) is 22.4 Å². The SMILES string of the molecule is Cn1ccc(-c2cc(N3CC(F)(F)C(F)(F)C3)ncc2OC(=O)N2CCCC2)n1. The smallest absolute Gasteiger partial charge is 0.408 e. The molecule has 0 aromatic carbocycles. The molecule has 0 aliphatic carbocycles. The Kier molecular flexibility index (Phi) is 4.62. The number of carbonyl (C=O) groups excluding carboxylic acids is 1. The van der Waals surface area contributed by atoms with Gasteiger partial charge in [-0.25, -0.2) is 9.78 Å². The summed E-state index contributed by atoms with van der Waals surface area (Å²) in [5.74, 6) is -8.29. The van der Waals surface area contributed by atoms with E-state index >= 15 is 0 Å². The summed E-state index contributed by atoms with van der Waals surface area (Å²) < 4.78 is 61.4. The molecule has 2 aromatic rings. The number of aromatic nitrogens is 3. The monoisotopic (exact) mass is 413 g/mol. The lowest BCUT2D eigenvalue weighted by Gasteiger charge is -2.19. The Morgan fingerprint density at radius 1 is 1.14 bits per heavy atom. The van der Waals surface area contributed by atoms with Gasteiger partial charge in [0.05, 0.1) is 30.5 Å². The summed E-state index contributed by atoms with van der Waals surface area (Å²) in [6.07, 6.45) is 4.06. The van der Waals surface area contributed by atoms with E-state index in [1.54, 1.807) is 24.2 Å². The largest absolute Gasteiger partial charge is 0.415 e. The lowest BCUT2D eigenvalue weighted by Crippen LogP contribution is -2.38. The van der Waals surface area contributed by atoms with Crippen molar-refractivity contribution in [2.45, 2.75) is 24.7 Å². The van der Waals surface area contributed by atoms with Crippen LogP contribution in [0.4, 0.5) is 28.2 Å². The molecular formula is C18H19F4N5O2. The number of alkyl halides is 4. The van der Waals surface area contributed by atoms with Crippen molar-refractivity contribution >= 4 is 11.9 Å². The Hall–Kier alpha value is -2.85. The Morgan fingerprint density at radius 2 is 1.79 bits per heavy atom. The van der Waals surface area contributed by atoms with E-state index in [1.807, 2.05) is 0 Å². The summed E-state index contributed by atoms with van der Waals surface area (Å²) in [6, 6.07) is 2.98. The van der Waals surface area contributed by atoms with E-state index in [0.29, 0.717) is 24.3 Å². The number of hydrogen-bond acceptors (Lipinski definition) is 5. The van der Waals surface area contributed by atoms with Crippen LogP contribution in [0.15, 0.2) is 24.5 Å². The number of amides is 1. The van der Waals surface area contributed by atoms with E-state index in [2.05, 4.69) is 10.1 Å². The molecule has 0 radical (unpaired) electrons. The average Bonchev–Trinajstić information content (AvgIpc) is 3.36. The fourth-order valence-corrected chi connectivity index (χ4v) is 3.43. The van der Waals surface area contributed by atoms with Crippen LogP contribution < -0.4 is 9.64 Å². The molecule has 0 atom stereocenters. The summed E-state index contributed by atoms with van der Waals surface area (Å²) in [5, 5.41) is 4.24. The van der Waals surface area contributed by atoms with Crippen LogP contribution in [0.2, 0.25) is 0 Å². The number of likely N-dealkylation sites (tertiary alicyclic amines) is 1. The third kappa shape index (κ3) is 3.60. The molecule has 156 valence electrons. The topological polar surface area (TPSA) is 63.5 Å². The number of aryl methyl sites for hydroxylation is 1. The molecule has 2 aromatic heterocycles. The zero-order valence-electron chi connectivity index (χ0n) is 15.6. The summed E-state index contributed by atoms with van der Waals surface area (Å²) in [4.78, 5) is 18.7. The van der Waals surface area contributed by atoms with Crippen LogP contribution in [0.1, 0.15) is 12.8 Å². The molecule has 0 N–H and O–H groups in total. The fraction of sp³-hybridized carbons (Fsp3) is 0.500. The molecule has 29 heavy (non-hydrogen) atoms. The minimum atomic E-state index is -4.15. The summed E-state index contributed by atoms with van der Waals surface area (Å²) in [5.41, 5.74) is 0.708. The molecule has 2 fully saturated rings. The maximum absolute atomic E-state index is 13.6. The molecule has 4 rings (SSSR count). The number of ether oxygens (including phenoxy) is 1. The number of nitrogens with zero attached hydrogens (tertiary/aromatic N) is 5. The zero-order valence-corrected chi connectivity index (χ0v) is 15.6. The normalized spacial score (nSPS) is 20.3. The second-order valence-corrected chi connectivity index (χ2v) is 7.24. The number of rotatable bonds is 3. The van der Waals surface area contributed by atoms with Gasteiger partial charge in [-0.05, 0) is 25.0 Å². The quantitative estimate of drug-likeness (QED) is 0.724. The average molecular weight is 413 g/mol. The van der Waals surface area contributed by atoms with Gasteiger partial charge >= 0.3 is 17.9 Å². The molecule has 2 aliphatic heterocycles. The number of halogens is 4. The van der Waals surface area contributed by atoms with Gasteiger partial charge in [0.1, 0.15) is 5.82 Å². The van der Waals surface area contributed by atoms with Crippen molar-refractivity contribution in [3.8, 4) is 17.0 Å². The van der Waals surface area contributed by atoms with Crippen molar-refractivity contribution in [2.75, 3.05) is 31.1 Å². The Balaban J connectivity index is 1.67. The lowest BCUT2D eigenvalue weighted by atomic mass is 10.1. The predicted octanol–water partition coefficient (Wildman–Crippen LogP) is 3.17. The standard InChI is InChI=1S/C18H19F4N5O2/c1-25-7-4-13(24-25)12-8-15(27-10-17(19,20)18(21,22)11-27)23-9-14(12)29-16(28)26-5-2-3-6-26/h4,7-9H,2-3,5-6,10-11H2,1H3. The van der Waals surface area contributed by atoms with Gasteiger partial charge in [0, 0.05) is 26.3 Å². The summed E-state index contributed by atoms with van der Waals surface area (Å²) >= 11 is 0. The Morgan fingerprint density at radius 3 is 2.38 bits per heavy atom. The van der Waals surface area contributed by atoms with Crippen molar-refractivity contribution in [3.05, 3.63) is 24.5 Å². The highest BCUT2D eigenvalue weighted by molar-refractivity contribution is 5.77. The van der Waals surface area contributed by atoms with E-state index in [1.165, 1.54) is 16.9 Å². The van der Waals surface area contributed by atoms with Crippen molar-refractivity contribution in [2.24, 2.45) is 7.05 Å². The third-order valence-corrected chi connectivity index (χ3v) is 5.04. The minimum Gasteiger partial charge on any atom is -0.408 e. The first-order valence-electron chi connectivity index (χ1n) is 9.14. The predicted molar refractivity (Wildman–Crippen MR) is 95.4 cm³/mol. The van der Waals surface area contributed by atoms with Crippen LogP contribution in [0, 0.1) is 0 Å². The van der Waals surface area contributed by atoms with Crippen molar-refractivity contribution in [3.63, 3.8) is 0 Å². The van der Waals surface area contributed by atoms with Gasteiger partial charge in [-0.2, -0.15) is 22.7 Å². The molecule has 0 saturated carbocycles. The Bertz CT molecular complexity index is 911. The molecule has 4 heterocycles. The molecule has 1 amide bonds. The van der Waals surface area contributed by atoms with E-state index in [4.69, 9.17) is 4.74 Å². The number of hydrogen-bond donors (Lipinski definition) is 0. The zero-order chi connectivity index (χ0) is 20.8. The van der Waals surface area contributed by atoms with E-state index < -0.39 is 31.0 Å². The lowest BCUT2D eigenvalue weighted by molar-refractivity contribution is -0.172. The summed E-state index contributed by atoms with van der Waals surface area (Å²) in [6.45, 7) is -1.13. The number of carbonyl (C=O) groups is 1. The highest BCUT2D eigenvalue weighted by Gasteiger charge is 2.63. The second kappa shape index (κ2) is 6.89. The van der Waals surface area contributed by atoms with Gasteiger partial charge in [-0.15, -0.1) is 0 Å². The van der Waals surface area contributed by atoms with Crippen LogP contribution in [0.5, 0.6) is 5.75 Å². The van der Waals surface area contributed by atoms with Gasteiger partial charge in [0.2, 0.25) is 0 Å². The minimum absolute atomic E-state index is 0.0662. The van der Waals surface area contributed by atoms with Crippen LogP contribution in [-0.2, 0) is 7.05 Å². The van der Waals surface area contributed by atoms with Crippen molar-refractivity contribution < 1.29 is 27.1 Å². The first kappa shape index (κ1) is 19.5. The molecule has 2 aliphatic rings. The van der Waals surface area contributed by atoms with E-state index in [-0.39, 0.29) is 11.6 Å². The first-order valence-corrected chi connectivity index (χ1v) is 9.14. The first-order chi connectivity index (χ1) is 13.7.